The molecular formula is C11H19NO3S. The minimum Gasteiger partial charge on any atom is -0.298 e. The van der Waals surface area contributed by atoms with Crippen molar-refractivity contribution >= 4 is 15.8 Å². The first-order valence-corrected chi connectivity index (χ1v) is 7.65. The number of ketones is 1. The van der Waals surface area contributed by atoms with E-state index in [1.165, 1.54) is 17.6 Å². The van der Waals surface area contributed by atoms with Gasteiger partial charge in [-0.1, -0.05) is 19.3 Å². The number of carbonyl (C=O) groups is 1. The molecule has 0 N–H and O–H groups in total. The van der Waals surface area contributed by atoms with E-state index in [0.29, 0.717) is 6.42 Å². The Hall–Kier alpha value is -0.420. The van der Waals surface area contributed by atoms with Gasteiger partial charge in [0.05, 0.1) is 11.8 Å². The Kier molecular flexibility index (Phi) is 3.35. The standard InChI is InChI=1S/C11H19NO3S/c1-9(13)11-7-8-16(14,15)12(11)10-5-3-2-4-6-10/h10-11H,2-8H2,1H3. The lowest BCUT2D eigenvalue weighted by Gasteiger charge is -2.32. The van der Waals surface area contributed by atoms with E-state index in [4.69, 9.17) is 0 Å². The van der Waals surface area contributed by atoms with Crippen molar-refractivity contribution in [3.05, 3.63) is 0 Å². The van der Waals surface area contributed by atoms with E-state index >= 15 is 0 Å². The number of rotatable bonds is 2. The highest BCUT2D eigenvalue weighted by Gasteiger charge is 2.43. The molecule has 2 rings (SSSR count). The van der Waals surface area contributed by atoms with Crippen LogP contribution in [0.4, 0.5) is 0 Å². The predicted octanol–water partition coefficient (Wildman–Crippen LogP) is 1.31. The Morgan fingerprint density at radius 3 is 2.31 bits per heavy atom. The third kappa shape index (κ3) is 2.15. The van der Waals surface area contributed by atoms with Crippen LogP contribution in [0, 0.1) is 0 Å². The Labute approximate surface area is 97.1 Å². The summed E-state index contributed by atoms with van der Waals surface area (Å²) in [5, 5.41) is 0. The SMILES string of the molecule is CC(=O)C1CCS(=O)(=O)N1C1CCCCC1. The van der Waals surface area contributed by atoms with Crippen LogP contribution in [0.3, 0.4) is 0 Å². The molecule has 1 aliphatic heterocycles. The Morgan fingerprint density at radius 2 is 1.75 bits per heavy atom. The smallest absolute Gasteiger partial charge is 0.215 e. The maximum Gasteiger partial charge on any atom is 0.215 e. The molecule has 2 fully saturated rings. The molecule has 1 aliphatic carbocycles. The summed E-state index contributed by atoms with van der Waals surface area (Å²) in [5.74, 6) is 0.139. The normalized spacial score (nSPS) is 31.7. The molecule has 1 unspecified atom stereocenters. The van der Waals surface area contributed by atoms with E-state index in [2.05, 4.69) is 0 Å². The van der Waals surface area contributed by atoms with Crippen LogP contribution in [0.15, 0.2) is 0 Å². The second kappa shape index (κ2) is 4.45. The zero-order valence-electron chi connectivity index (χ0n) is 9.68. The topological polar surface area (TPSA) is 54.5 Å². The van der Waals surface area contributed by atoms with Gasteiger partial charge in [0, 0.05) is 6.04 Å². The lowest BCUT2D eigenvalue weighted by Crippen LogP contribution is -2.45. The van der Waals surface area contributed by atoms with Crippen LogP contribution in [-0.2, 0) is 14.8 Å². The average Bonchev–Trinajstić information content (AvgIpc) is 2.55. The second-order valence-electron chi connectivity index (χ2n) is 4.85. The minimum atomic E-state index is -3.17. The van der Waals surface area contributed by atoms with Gasteiger partial charge in [-0.25, -0.2) is 8.42 Å². The van der Waals surface area contributed by atoms with Crippen molar-refractivity contribution in [1.82, 2.24) is 4.31 Å². The molecule has 0 aromatic carbocycles. The van der Waals surface area contributed by atoms with Crippen LogP contribution >= 0.6 is 0 Å². The molecule has 0 bridgehead atoms. The summed E-state index contributed by atoms with van der Waals surface area (Å²) in [4.78, 5) is 11.5. The van der Waals surface area contributed by atoms with Crippen molar-refractivity contribution in [3.8, 4) is 0 Å². The Morgan fingerprint density at radius 1 is 1.12 bits per heavy atom. The van der Waals surface area contributed by atoms with Crippen molar-refractivity contribution in [2.45, 2.75) is 57.5 Å². The lowest BCUT2D eigenvalue weighted by molar-refractivity contribution is -0.121. The molecule has 92 valence electrons. The van der Waals surface area contributed by atoms with E-state index in [9.17, 15) is 13.2 Å². The quantitative estimate of drug-likeness (QED) is 0.737. The zero-order chi connectivity index (χ0) is 11.8. The molecule has 1 heterocycles. The number of Topliss-reactive ketones (excluding diaryl/α,β-unsaturated/α-hetero) is 1. The second-order valence-corrected chi connectivity index (χ2v) is 6.85. The van der Waals surface area contributed by atoms with E-state index in [-0.39, 0.29) is 23.6 Å². The third-order valence-electron chi connectivity index (χ3n) is 3.68. The van der Waals surface area contributed by atoms with Crippen LogP contribution in [0.5, 0.6) is 0 Å². The van der Waals surface area contributed by atoms with Crippen LogP contribution in [0.25, 0.3) is 0 Å². The van der Waals surface area contributed by atoms with Crippen LogP contribution in [0.2, 0.25) is 0 Å². The van der Waals surface area contributed by atoms with Crippen LogP contribution < -0.4 is 0 Å². The third-order valence-corrected chi connectivity index (χ3v) is 5.63. The Bertz CT molecular complexity index is 371. The van der Waals surface area contributed by atoms with Crippen molar-refractivity contribution in [1.29, 1.82) is 0 Å². The van der Waals surface area contributed by atoms with Gasteiger partial charge >= 0.3 is 0 Å². The first kappa shape index (κ1) is 12.0. The summed E-state index contributed by atoms with van der Waals surface area (Å²) >= 11 is 0. The van der Waals surface area contributed by atoms with E-state index in [0.717, 1.165) is 25.7 Å². The van der Waals surface area contributed by atoms with E-state index in [1.807, 2.05) is 0 Å². The molecule has 2 aliphatic rings. The van der Waals surface area contributed by atoms with Crippen LogP contribution in [-0.4, -0.2) is 36.3 Å². The summed E-state index contributed by atoms with van der Waals surface area (Å²) in [6.45, 7) is 1.50. The first-order valence-electron chi connectivity index (χ1n) is 6.04. The molecule has 1 atom stereocenters. The number of hydrogen-bond acceptors (Lipinski definition) is 3. The summed E-state index contributed by atoms with van der Waals surface area (Å²) < 4.78 is 25.4. The molecule has 0 amide bonds. The average molecular weight is 245 g/mol. The maximum atomic E-state index is 11.9. The fraction of sp³-hybridized carbons (Fsp3) is 0.909. The van der Waals surface area contributed by atoms with Gasteiger partial charge in [-0.2, -0.15) is 4.31 Å². The van der Waals surface area contributed by atoms with Gasteiger partial charge in [-0.3, -0.25) is 4.79 Å². The van der Waals surface area contributed by atoms with Crippen molar-refractivity contribution in [3.63, 3.8) is 0 Å². The molecule has 0 radical (unpaired) electrons. The highest BCUT2D eigenvalue weighted by atomic mass is 32.2. The van der Waals surface area contributed by atoms with Crippen molar-refractivity contribution in [2.75, 3.05) is 5.75 Å². The van der Waals surface area contributed by atoms with Crippen LogP contribution in [0.1, 0.15) is 45.4 Å². The lowest BCUT2D eigenvalue weighted by atomic mass is 9.94. The molecular weight excluding hydrogens is 226 g/mol. The number of carbonyl (C=O) groups excluding carboxylic acids is 1. The summed E-state index contributed by atoms with van der Waals surface area (Å²) in [6, 6.07) is -0.303. The number of hydrogen-bond donors (Lipinski definition) is 0. The summed E-state index contributed by atoms with van der Waals surface area (Å²) in [6.07, 6.45) is 5.68. The van der Waals surface area contributed by atoms with Gasteiger partial charge < -0.3 is 0 Å². The molecule has 1 saturated heterocycles. The van der Waals surface area contributed by atoms with Gasteiger partial charge in [0.1, 0.15) is 5.78 Å². The zero-order valence-corrected chi connectivity index (χ0v) is 10.5. The van der Waals surface area contributed by atoms with Crippen molar-refractivity contribution in [2.24, 2.45) is 0 Å². The van der Waals surface area contributed by atoms with Crippen molar-refractivity contribution < 1.29 is 13.2 Å². The molecule has 0 aromatic rings. The van der Waals surface area contributed by atoms with Gasteiger partial charge in [0.2, 0.25) is 10.0 Å². The fourth-order valence-electron chi connectivity index (χ4n) is 2.89. The fourth-order valence-corrected chi connectivity index (χ4v) is 4.93. The highest BCUT2D eigenvalue weighted by molar-refractivity contribution is 7.89. The number of sulfonamides is 1. The monoisotopic (exact) mass is 245 g/mol. The molecule has 1 saturated carbocycles. The van der Waals surface area contributed by atoms with Gasteiger partial charge in [0.25, 0.3) is 0 Å². The molecule has 0 spiro atoms. The highest BCUT2D eigenvalue weighted by Crippen LogP contribution is 2.32. The molecule has 0 aromatic heterocycles. The van der Waals surface area contributed by atoms with E-state index in [1.54, 1.807) is 0 Å². The van der Waals surface area contributed by atoms with Gasteiger partial charge in [-0.05, 0) is 26.2 Å². The summed E-state index contributed by atoms with van der Waals surface area (Å²) in [7, 11) is -3.17. The van der Waals surface area contributed by atoms with E-state index < -0.39 is 10.0 Å². The Balaban J connectivity index is 2.22. The number of nitrogens with zero attached hydrogens (tertiary/aromatic N) is 1. The molecule has 16 heavy (non-hydrogen) atoms. The van der Waals surface area contributed by atoms with Gasteiger partial charge in [0.15, 0.2) is 0 Å². The minimum absolute atomic E-state index is 0.00773. The predicted molar refractivity (Wildman–Crippen MR) is 61.6 cm³/mol. The largest absolute Gasteiger partial charge is 0.298 e. The molecule has 4 nitrogen and oxygen atoms in total. The maximum absolute atomic E-state index is 11.9. The summed E-state index contributed by atoms with van der Waals surface area (Å²) in [5.41, 5.74) is 0. The van der Waals surface area contributed by atoms with Gasteiger partial charge in [-0.15, -0.1) is 0 Å². The molecule has 5 heteroatoms. The first-order chi connectivity index (χ1) is 7.52.